The highest BCUT2D eigenvalue weighted by Gasteiger charge is 1.92. The van der Waals surface area contributed by atoms with Gasteiger partial charge in [-0.1, -0.05) is 30.3 Å². The lowest BCUT2D eigenvalue weighted by Crippen LogP contribution is -1.99. The molecule has 0 aromatic heterocycles. The summed E-state index contributed by atoms with van der Waals surface area (Å²) < 4.78 is 0. The van der Waals surface area contributed by atoms with Crippen LogP contribution in [0.3, 0.4) is 0 Å². The number of hydrogen-bond acceptors (Lipinski definition) is 2. The molecule has 0 spiro atoms. The Hall–Kier alpha value is -0.470. The summed E-state index contributed by atoms with van der Waals surface area (Å²) in [5.74, 6) is 2.47. The second-order valence-electron chi connectivity index (χ2n) is 3.34. The van der Waals surface area contributed by atoms with E-state index in [1.165, 1.54) is 29.9 Å². The van der Waals surface area contributed by atoms with Crippen LogP contribution in [0.15, 0.2) is 30.3 Å². The molecule has 0 saturated heterocycles. The number of benzene rings is 1. The second kappa shape index (κ2) is 7.89. The van der Waals surface area contributed by atoms with Gasteiger partial charge in [0.25, 0.3) is 0 Å². The zero-order chi connectivity index (χ0) is 10.1. The summed E-state index contributed by atoms with van der Waals surface area (Å²) >= 11 is 2.02. The van der Waals surface area contributed by atoms with Crippen molar-refractivity contribution in [3.8, 4) is 0 Å². The average Bonchev–Trinajstić information content (AvgIpc) is 2.25. The Balaban J connectivity index is 1.99. The van der Waals surface area contributed by atoms with Gasteiger partial charge in [0.2, 0.25) is 0 Å². The van der Waals surface area contributed by atoms with Crippen LogP contribution in [0.25, 0.3) is 0 Å². The van der Waals surface area contributed by atoms with Gasteiger partial charge in [-0.2, -0.15) is 11.8 Å². The van der Waals surface area contributed by atoms with E-state index in [4.69, 9.17) is 5.73 Å². The Bertz CT molecular complexity index is 223. The zero-order valence-corrected chi connectivity index (χ0v) is 9.43. The molecule has 1 aromatic rings. The lowest BCUT2D eigenvalue weighted by Gasteiger charge is -2.01. The minimum atomic E-state index is 0.825. The third-order valence-corrected chi connectivity index (χ3v) is 3.24. The SMILES string of the molecule is NCCCSCCCc1ccccc1. The number of hydrogen-bond donors (Lipinski definition) is 1. The van der Waals surface area contributed by atoms with Crippen molar-refractivity contribution in [3.63, 3.8) is 0 Å². The zero-order valence-electron chi connectivity index (χ0n) is 8.61. The summed E-state index contributed by atoms with van der Waals surface area (Å²) in [6.45, 7) is 0.825. The van der Waals surface area contributed by atoms with Crippen LogP contribution >= 0.6 is 11.8 Å². The minimum Gasteiger partial charge on any atom is -0.330 e. The summed E-state index contributed by atoms with van der Waals surface area (Å²) in [5, 5.41) is 0. The monoisotopic (exact) mass is 209 g/mol. The second-order valence-corrected chi connectivity index (χ2v) is 4.57. The number of nitrogens with two attached hydrogens (primary N) is 1. The van der Waals surface area contributed by atoms with Gasteiger partial charge in [-0.15, -0.1) is 0 Å². The molecule has 1 nitrogen and oxygen atoms in total. The van der Waals surface area contributed by atoms with E-state index in [1.54, 1.807) is 0 Å². The molecule has 1 aromatic carbocycles. The molecular weight excluding hydrogens is 190 g/mol. The molecular formula is C12H19NS. The lowest BCUT2D eigenvalue weighted by molar-refractivity contribution is 0.919. The molecule has 0 aliphatic carbocycles. The van der Waals surface area contributed by atoms with Crippen molar-refractivity contribution in [2.24, 2.45) is 5.73 Å². The summed E-state index contributed by atoms with van der Waals surface area (Å²) in [5.41, 5.74) is 6.87. The fraction of sp³-hybridized carbons (Fsp3) is 0.500. The molecule has 0 atom stereocenters. The highest BCUT2D eigenvalue weighted by Crippen LogP contribution is 2.08. The van der Waals surface area contributed by atoms with Crippen molar-refractivity contribution < 1.29 is 0 Å². The van der Waals surface area contributed by atoms with Crippen LogP contribution in [-0.2, 0) is 6.42 Å². The molecule has 14 heavy (non-hydrogen) atoms. The van der Waals surface area contributed by atoms with Crippen molar-refractivity contribution in [2.45, 2.75) is 19.3 Å². The highest BCUT2D eigenvalue weighted by molar-refractivity contribution is 7.99. The highest BCUT2D eigenvalue weighted by atomic mass is 32.2. The first-order valence-corrected chi connectivity index (χ1v) is 6.40. The molecule has 2 heteroatoms. The standard InChI is InChI=1S/C12H19NS/c13-9-5-11-14-10-4-8-12-6-2-1-3-7-12/h1-3,6-7H,4-5,8-11,13H2. The Morgan fingerprint density at radius 2 is 1.71 bits per heavy atom. The van der Waals surface area contributed by atoms with Gasteiger partial charge in [-0.25, -0.2) is 0 Å². The molecule has 0 fully saturated rings. The largest absolute Gasteiger partial charge is 0.330 e. The van der Waals surface area contributed by atoms with Crippen molar-refractivity contribution in [1.29, 1.82) is 0 Å². The fourth-order valence-corrected chi connectivity index (χ4v) is 2.23. The van der Waals surface area contributed by atoms with Crippen LogP contribution in [0.2, 0.25) is 0 Å². The van der Waals surface area contributed by atoms with Crippen molar-refractivity contribution in [2.75, 3.05) is 18.1 Å². The van der Waals surface area contributed by atoms with Gasteiger partial charge < -0.3 is 5.73 Å². The third kappa shape index (κ3) is 5.30. The van der Waals surface area contributed by atoms with Crippen LogP contribution in [0, 0.1) is 0 Å². The maximum Gasteiger partial charge on any atom is -0.00555 e. The molecule has 0 radical (unpaired) electrons. The molecule has 0 heterocycles. The predicted molar refractivity (Wildman–Crippen MR) is 65.8 cm³/mol. The summed E-state index contributed by atoms with van der Waals surface area (Å²) in [6, 6.07) is 10.7. The van der Waals surface area contributed by atoms with E-state index in [2.05, 4.69) is 30.3 Å². The van der Waals surface area contributed by atoms with Gasteiger partial charge in [0.05, 0.1) is 0 Å². The molecule has 0 aliphatic heterocycles. The molecule has 2 N–H and O–H groups in total. The van der Waals surface area contributed by atoms with Crippen molar-refractivity contribution in [3.05, 3.63) is 35.9 Å². The smallest absolute Gasteiger partial charge is 0.00555 e. The maximum absolute atomic E-state index is 5.42. The van der Waals surface area contributed by atoms with E-state index in [0.717, 1.165) is 13.0 Å². The maximum atomic E-state index is 5.42. The summed E-state index contributed by atoms with van der Waals surface area (Å²) in [7, 11) is 0. The molecule has 0 bridgehead atoms. The first-order valence-electron chi connectivity index (χ1n) is 5.25. The van der Waals surface area contributed by atoms with Gasteiger partial charge >= 0.3 is 0 Å². The molecule has 0 aliphatic rings. The first-order chi connectivity index (χ1) is 6.93. The van der Waals surface area contributed by atoms with Crippen LogP contribution in [-0.4, -0.2) is 18.1 Å². The quantitative estimate of drug-likeness (QED) is 0.699. The van der Waals surface area contributed by atoms with Gasteiger partial charge in [-0.05, 0) is 42.9 Å². The summed E-state index contributed by atoms with van der Waals surface area (Å²) in [6.07, 6.45) is 3.63. The Labute approximate surface area is 91.1 Å². The topological polar surface area (TPSA) is 26.0 Å². The third-order valence-electron chi connectivity index (χ3n) is 2.09. The van der Waals surface area contributed by atoms with E-state index in [-0.39, 0.29) is 0 Å². The fourth-order valence-electron chi connectivity index (χ4n) is 1.31. The van der Waals surface area contributed by atoms with Crippen molar-refractivity contribution in [1.82, 2.24) is 0 Å². The molecule has 0 amide bonds. The van der Waals surface area contributed by atoms with E-state index in [1.807, 2.05) is 11.8 Å². The van der Waals surface area contributed by atoms with Gasteiger partial charge in [-0.3, -0.25) is 0 Å². The molecule has 0 saturated carbocycles. The number of aryl methyl sites for hydroxylation is 1. The molecule has 78 valence electrons. The average molecular weight is 209 g/mol. The van der Waals surface area contributed by atoms with Crippen LogP contribution in [0.4, 0.5) is 0 Å². The van der Waals surface area contributed by atoms with E-state index in [0.29, 0.717) is 0 Å². The number of thioether (sulfide) groups is 1. The van der Waals surface area contributed by atoms with E-state index < -0.39 is 0 Å². The Morgan fingerprint density at radius 1 is 1.00 bits per heavy atom. The van der Waals surface area contributed by atoms with Gasteiger partial charge in [0.15, 0.2) is 0 Å². The van der Waals surface area contributed by atoms with Crippen LogP contribution in [0.5, 0.6) is 0 Å². The molecule has 1 rings (SSSR count). The number of rotatable bonds is 7. The first kappa shape index (κ1) is 11.6. The Kier molecular flexibility index (Phi) is 6.54. The van der Waals surface area contributed by atoms with Crippen molar-refractivity contribution >= 4 is 11.8 Å². The predicted octanol–water partition coefficient (Wildman–Crippen LogP) is 2.70. The van der Waals surface area contributed by atoms with E-state index in [9.17, 15) is 0 Å². The minimum absolute atomic E-state index is 0.825. The van der Waals surface area contributed by atoms with Gasteiger partial charge in [0.1, 0.15) is 0 Å². The summed E-state index contributed by atoms with van der Waals surface area (Å²) in [4.78, 5) is 0. The molecule has 0 unspecified atom stereocenters. The van der Waals surface area contributed by atoms with Gasteiger partial charge in [0, 0.05) is 0 Å². The van der Waals surface area contributed by atoms with E-state index >= 15 is 0 Å². The normalized spacial score (nSPS) is 10.4. The lowest BCUT2D eigenvalue weighted by atomic mass is 10.1. The van der Waals surface area contributed by atoms with Crippen LogP contribution in [0.1, 0.15) is 18.4 Å². The Morgan fingerprint density at radius 3 is 2.43 bits per heavy atom. The van der Waals surface area contributed by atoms with Crippen LogP contribution < -0.4 is 5.73 Å².